The summed E-state index contributed by atoms with van der Waals surface area (Å²) >= 11 is 0. The molecule has 29 heavy (non-hydrogen) atoms. The van der Waals surface area contributed by atoms with Gasteiger partial charge in [0.2, 0.25) is 11.8 Å². The summed E-state index contributed by atoms with van der Waals surface area (Å²) in [5.41, 5.74) is -0.648. The highest BCUT2D eigenvalue weighted by atomic mass is 16.6. The molecule has 0 aliphatic carbocycles. The van der Waals surface area contributed by atoms with Gasteiger partial charge in [-0.15, -0.1) is 0 Å². The van der Waals surface area contributed by atoms with Gasteiger partial charge in [0.1, 0.15) is 11.6 Å². The van der Waals surface area contributed by atoms with E-state index >= 15 is 0 Å². The highest BCUT2D eigenvalue weighted by molar-refractivity contribution is 5.92. The molecule has 0 unspecified atom stereocenters. The monoisotopic (exact) mass is 413 g/mol. The van der Waals surface area contributed by atoms with Gasteiger partial charge in [0, 0.05) is 21.1 Å². The van der Waals surface area contributed by atoms with Gasteiger partial charge in [0.15, 0.2) is 0 Å². The number of nitrogens with zero attached hydrogens (tertiary/aromatic N) is 3. The van der Waals surface area contributed by atoms with E-state index in [2.05, 4.69) is 18.7 Å². The molecule has 0 aromatic heterocycles. The van der Waals surface area contributed by atoms with E-state index in [-0.39, 0.29) is 30.2 Å². The fourth-order valence-corrected chi connectivity index (χ4v) is 3.42. The first-order valence-corrected chi connectivity index (χ1v) is 10.7. The number of amides is 2. The second-order valence-corrected chi connectivity index (χ2v) is 9.21. The Kier molecular flexibility index (Phi) is 11.5. The van der Waals surface area contributed by atoms with E-state index in [1.165, 1.54) is 9.80 Å². The van der Waals surface area contributed by atoms with Gasteiger partial charge in [0.25, 0.3) is 0 Å². The molecule has 0 aliphatic heterocycles. The van der Waals surface area contributed by atoms with Gasteiger partial charge in [-0.2, -0.15) is 0 Å². The summed E-state index contributed by atoms with van der Waals surface area (Å²) < 4.78 is 5.40. The predicted molar refractivity (Wildman–Crippen MR) is 116 cm³/mol. The van der Waals surface area contributed by atoms with Gasteiger partial charge in [-0.25, -0.2) is 0 Å². The second kappa shape index (κ2) is 12.2. The van der Waals surface area contributed by atoms with Gasteiger partial charge in [0.05, 0.1) is 12.5 Å². The highest BCUT2D eigenvalue weighted by Gasteiger charge is 2.37. The van der Waals surface area contributed by atoms with Crippen LogP contribution in [0.5, 0.6) is 0 Å². The predicted octanol–water partition coefficient (Wildman–Crippen LogP) is 2.78. The van der Waals surface area contributed by atoms with Crippen molar-refractivity contribution in [3.05, 3.63) is 0 Å². The van der Waals surface area contributed by atoms with Crippen LogP contribution in [0.4, 0.5) is 0 Å². The second-order valence-electron chi connectivity index (χ2n) is 9.21. The molecule has 0 aliphatic rings. The maximum absolute atomic E-state index is 13.5. The van der Waals surface area contributed by atoms with Crippen molar-refractivity contribution in [2.75, 3.05) is 34.2 Å². The average molecular weight is 414 g/mol. The highest BCUT2D eigenvalue weighted by Crippen LogP contribution is 2.19. The zero-order valence-corrected chi connectivity index (χ0v) is 20.2. The van der Waals surface area contributed by atoms with E-state index in [1.54, 1.807) is 41.9 Å². The lowest BCUT2D eigenvalue weighted by Crippen LogP contribution is -2.56. The molecular formula is C22H43N3O4. The first-order chi connectivity index (χ1) is 13.3. The number of rotatable bonds is 11. The maximum Gasteiger partial charge on any atom is 0.308 e. The zero-order valence-electron chi connectivity index (χ0n) is 20.2. The standard InChI is InChI=1S/C22H43N3O4/c1-11-13-25(14-12-2)19(16(3)4)21(28)24(10)17(20(27)23(8)9)15-18(26)29-22(5,6)7/h16-17,19H,11-15H2,1-10H3/t17-,19-/m0/s1. The number of esters is 1. The fourth-order valence-electron chi connectivity index (χ4n) is 3.42. The topological polar surface area (TPSA) is 70.2 Å². The Labute approximate surface area is 177 Å². The Hall–Kier alpha value is -1.63. The van der Waals surface area contributed by atoms with Crippen LogP contribution in [-0.4, -0.2) is 84.4 Å². The quantitative estimate of drug-likeness (QED) is 0.487. The number of carbonyl (C=O) groups excluding carboxylic acids is 3. The largest absolute Gasteiger partial charge is 0.460 e. The number of hydrogen-bond acceptors (Lipinski definition) is 5. The van der Waals surface area contributed by atoms with Crippen LogP contribution in [0.2, 0.25) is 0 Å². The molecule has 0 N–H and O–H groups in total. The Morgan fingerprint density at radius 3 is 1.72 bits per heavy atom. The van der Waals surface area contributed by atoms with Crippen LogP contribution < -0.4 is 0 Å². The van der Waals surface area contributed by atoms with Crippen LogP contribution in [0.3, 0.4) is 0 Å². The minimum atomic E-state index is -0.890. The summed E-state index contributed by atoms with van der Waals surface area (Å²) in [6, 6.07) is -1.23. The summed E-state index contributed by atoms with van der Waals surface area (Å²) in [5, 5.41) is 0. The van der Waals surface area contributed by atoms with Gasteiger partial charge < -0.3 is 14.5 Å². The Balaban J connectivity index is 5.76. The third-order valence-corrected chi connectivity index (χ3v) is 4.62. The Morgan fingerprint density at radius 1 is 0.897 bits per heavy atom. The van der Waals surface area contributed by atoms with Crippen molar-refractivity contribution in [3.8, 4) is 0 Å². The van der Waals surface area contributed by atoms with Gasteiger partial charge in [-0.3, -0.25) is 19.3 Å². The first kappa shape index (κ1) is 27.4. The number of hydrogen-bond donors (Lipinski definition) is 0. The van der Waals surface area contributed by atoms with E-state index in [0.717, 1.165) is 25.9 Å². The Morgan fingerprint density at radius 2 is 1.38 bits per heavy atom. The fraction of sp³-hybridized carbons (Fsp3) is 0.864. The van der Waals surface area contributed by atoms with Gasteiger partial charge >= 0.3 is 5.97 Å². The van der Waals surface area contributed by atoms with Crippen LogP contribution >= 0.6 is 0 Å². The molecule has 0 aromatic rings. The van der Waals surface area contributed by atoms with Gasteiger partial charge in [-0.05, 0) is 52.6 Å². The van der Waals surface area contributed by atoms with Crippen LogP contribution in [0.15, 0.2) is 0 Å². The summed E-state index contributed by atoms with van der Waals surface area (Å²) in [6.07, 6.45) is 1.72. The number of carbonyl (C=O) groups is 3. The normalized spacial score (nSPS) is 13.9. The molecule has 0 heterocycles. The third kappa shape index (κ3) is 9.15. The van der Waals surface area contributed by atoms with Crippen molar-refractivity contribution in [1.82, 2.24) is 14.7 Å². The molecule has 2 atom stereocenters. The molecule has 0 rings (SSSR count). The summed E-state index contributed by atoms with van der Waals surface area (Å²) in [5.74, 6) is -0.825. The van der Waals surface area contributed by atoms with Crippen molar-refractivity contribution >= 4 is 17.8 Å². The van der Waals surface area contributed by atoms with E-state index in [9.17, 15) is 14.4 Å². The van der Waals surface area contributed by atoms with Crippen LogP contribution in [-0.2, 0) is 19.1 Å². The molecular weight excluding hydrogens is 370 g/mol. The van der Waals surface area contributed by atoms with Crippen LogP contribution in [0.25, 0.3) is 0 Å². The average Bonchev–Trinajstić information content (AvgIpc) is 2.56. The van der Waals surface area contributed by atoms with E-state index < -0.39 is 17.6 Å². The molecule has 2 amide bonds. The van der Waals surface area contributed by atoms with Crippen molar-refractivity contribution in [3.63, 3.8) is 0 Å². The van der Waals surface area contributed by atoms with Crippen molar-refractivity contribution < 1.29 is 19.1 Å². The van der Waals surface area contributed by atoms with Crippen molar-refractivity contribution in [2.24, 2.45) is 5.92 Å². The molecule has 0 saturated carbocycles. The van der Waals surface area contributed by atoms with Crippen LogP contribution in [0.1, 0.15) is 67.7 Å². The first-order valence-electron chi connectivity index (χ1n) is 10.7. The number of ether oxygens (including phenoxy) is 1. The molecule has 0 bridgehead atoms. The lowest BCUT2D eigenvalue weighted by Gasteiger charge is -2.38. The smallest absolute Gasteiger partial charge is 0.308 e. The summed E-state index contributed by atoms with van der Waals surface area (Å²) in [7, 11) is 4.87. The SMILES string of the molecule is CCCN(CCC)[C@H](C(=O)N(C)[C@@H](CC(=O)OC(C)(C)C)C(=O)N(C)C)C(C)C. The Bertz CT molecular complexity index is 535. The minimum Gasteiger partial charge on any atom is -0.460 e. The maximum atomic E-state index is 13.5. The molecule has 0 spiro atoms. The minimum absolute atomic E-state index is 0.0830. The van der Waals surface area contributed by atoms with E-state index in [1.807, 2.05) is 13.8 Å². The van der Waals surface area contributed by atoms with Gasteiger partial charge in [-0.1, -0.05) is 27.7 Å². The van der Waals surface area contributed by atoms with E-state index in [4.69, 9.17) is 4.74 Å². The molecule has 0 fully saturated rings. The van der Waals surface area contributed by atoms with E-state index in [0.29, 0.717) is 0 Å². The molecule has 0 aromatic carbocycles. The molecule has 0 radical (unpaired) electrons. The van der Waals surface area contributed by atoms with Crippen LogP contribution in [0, 0.1) is 5.92 Å². The molecule has 170 valence electrons. The summed E-state index contributed by atoms with van der Waals surface area (Å²) in [4.78, 5) is 43.8. The van der Waals surface area contributed by atoms with Crippen molar-refractivity contribution in [2.45, 2.75) is 85.4 Å². The third-order valence-electron chi connectivity index (χ3n) is 4.62. The zero-order chi connectivity index (χ0) is 22.9. The molecule has 7 heteroatoms. The lowest BCUT2D eigenvalue weighted by molar-refractivity contribution is -0.160. The molecule has 0 saturated heterocycles. The number of likely N-dealkylation sites (N-methyl/N-ethyl adjacent to an activating group) is 2. The summed E-state index contributed by atoms with van der Waals surface area (Å²) in [6.45, 7) is 15.2. The lowest BCUT2D eigenvalue weighted by atomic mass is 9.98. The van der Waals surface area contributed by atoms with Crippen molar-refractivity contribution in [1.29, 1.82) is 0 Å². The molecule has 7 nitrogen and oxygen atoms in total.